The highest BCUT2D eigenvalue weighted by atomic mass is 32.2. The molecule has 0 radical (unpaired) electrons. The van der Waals surface area contributed by atoms with Crippen LogP contribution in [0.5, 0.6) is 0 Å². The van der Waals surface area contributed by atoms with E-state index >= 15 is 0 Å². The van der Waals surface area contributed by atoms with Crippen LogP contribution >= 0.6 is 11.8 Å². The summed E-state index contributed by atoms with van der Waals surface area (Å²) >= 11 is 1.48. The molecule has 1 atom stereocenters. The van der Waals surface area contributed by atoms with Crippen LogP contribution in [0.2, 0.25) is 0 Å². The second-order valence-electron chi connectivity index (χ2n) is 4.40. The number of nitrogens with two attached hydrogens (primary N) is 1. The summed E-state index contributed by atoms with van der Waals surface area (Å²) < 4.78 is 0. The van der Waals surface area contributed by atoms with E-state index in [4.69, 9.17) is 10.8 Å². The SMILES string of the molecule is CC(C)(N)CSC(C(=O)O)C1CC1. The van der Waals surface area contributed by atoms with Gasteiger partial charge in [0.1, 0.15) is 5.25 Å². The summed E-state index contributed by atoms with van der Waals surface area (Å²) in [4.78, 5) is 10.8. The Morgan fingerprint density at radius 2 is 2.23 bits per heavy atom. The minimum absolute atomic E-state index is 0.233. The Labute approximate surface area is 83.1 Å². The lowest BCUT2D eigenvalue weighted by molar-refractivity contribution is -0.136. The predicted molar refractivity (Wildman–Crippen MR) is 54.9 cm³/mol. The molecule has 3 nitrogen and oxygen atoms in total. The molecule has 1 rings (SSSR count). The van der Waals surface area contributed by atoms with Crippen molar-refractivity contribution < 1.29 is 9.90 Å². The molecule has 3 N–H and O–H groups in total. The van der Waals surface area contributed by atoms with Crippen LogP contribution in [-0.2, 0) is 4.79 Å². The number of aliphatic carboxylic acids is 1. The van der Waals surface area contributed by atoms with E-state index in [-0.39, 0.29) is 10.8 Å². The van der Waals surface area contributed by atoms with E-state index in [9.17, 15) is 4.79 Å². The first-order valence-corrected chi connectivity index (χ1v) is 5.58. The molecular formula is C9H17NO2S. The van der Waals surface area contributed by atoms with Gasteiger partial charge in [0, 0.05) is 11.3 Å². The Kier molecular flexibility index (Phi) is 3.24. The van der Waals surface area contributed by atoms with Gasteiger partial charge in [-0.15, -0.1) is 11.8 Å². The van der Waals surface area contributed by atoms with Crippen LogP contribution in [-0.4, -0.2) is 27.6 Å². The fraction of sp³-hybridized carbons (Fsp3) is 0.889. The van der Waals surface area contributed by atoms with Gasteiger partial charge in [-0.05, 0) is 32.6 Å². The van der Waals surface area contributed by atoms with Crippen molar-refractivity contribution in [1.29, 1.82) is 0 Å². The topological polar surface area (TPSA) is 63.3 Å². The third-order valence-electron chi connectivity index (χ3n) is 1.93. The molecule has 0 aromatic rings. The van der Waals surface area contributed by atoms with E-state index in [1.807, 2.05) is 13.8 Å². The zero-order valence-corrected chi connectivity index (χ0v) is 8.93. The molecule has 1 fully saturated rings. The lowest BCUT2D eigenvalue weighted by atomic mass is 10.1. The van der Waals surface area contributed by atoms with Crippen molar-refractivity contribution in [2.75, 3.05) is 5.75 Å². The van der Waals surface area contributed by atoms with Crippen LogP contribution in [0, 0.1) is 5.92 Å². The molecule has 1 aliphatic carbocycles. The molecule has 76 valence electrons. The van der Waals surface area contributed by atoms with Gasteiger partial charge in [0.15, 0.2) is 0 Å². The van der Waals surface area contributed by atoms with Crippen LogP contribution in [0.3, 0.4) is 0 Å². The molecule has 1 aliphatic rings. The molecule has 1 saturated carbocycles. The van der Waals surface area contributed by atoms with Gasteiger partial charge in [-0.2, -0.15) is 0 Å². The van der Waals surface area contributed by atoms with Gasteiger partial charge in [-0.25, -0.2) is 0 Å². The minimum Gasteiger partial charge on any atom is -0.480 e. The summed E-state index contributed by atoms with van der Waals surface area (Å²) in [6.45, 7) is 3.84. The Morgan fingerprint density at radius 1 is 1.69 bits per heavy atom. The Hall–Kier alpha value is -0.220. The van der Waals surface area contributed by atoms with Gasteiger partial charge in [0.25, 0.3) is 0 Å². The van der Waals surface area contributed by atoms with Gasteiger partial charge >= 0.3 is 5.97 Å². The summed E-state index contributed by atoms with van der Waals surface area (Å²) in [5.74, 6) is 0.419. The lowest BCUT2D eigenvalue weighted by Gasteiger charge is -2.20. The van der Waals surface area contributed by atoms with Gasteiger partial charge in [0.2, 0.25) is 0 Å². The third kappa shape index (κ3) is 4.00. The number of carbonyl (C=O) groups is 1. The standard InChI is InChI=1S/C9H17NO2S/c1-9(2,10)5-13-7(8(11)12)6-3-4-6/h6-7H,3-5,10H2,1-2H3,(H,11,12). The number of thioether (sulfide) groups is 1. The highest BCUT2D eigenvalue weighted by Crippen LogP contribution is 2.39. The molecule has 4 heteroatoms. The molecule has 0 spiro atoms. The molecule has 0 aliphatic heterocycles. The molecule has 0 saturated heterocycles. The van der Waals surface area contributed by atoms with Gasteiger partial charge in [0.05, 0.1) is 0 Å². The second-order valence-corrected chi connectivity index (χ2v) is 5.53. The third-order valence-corrected chi connectivity index (χ3v) is 3.78. The second kappa shape index (κ2) is 3.88. The summed E-state index contributed by atoms with van der Waals surface area (Å²) in [7, 11) is 0. The lowest BCUT2D eigenvalue weighted by Crippen LogP contribution is -2.36. The monoisotopic (exact) mass is 203 g/mol. The quantitative estimate of drug-likeness (QED) is 0.707. The Morgan fingerprint density at radius 3 is 2.54 bits per heavy atom. The summed E-state index contributed by atoms with van der Waals surface area (Å²) in [6, 6.07) is 0. The van der Waals surface area contributed by atoms with E-state index < -0.39 is 5.97 Å². The number of carboxylic acids is 1. The van der Waals surface area contributed by atoms with Crippen LogP contribution < -0.4 is 5.73 Å². The summed E-state index contributed by atoms with van der Waals surface area (Å²) in [6.07, 6.45) is 2.13. The van der Waals surface area contributed by atoms with Crippen molar-refractivity contribution in [1.82, 2.24) is 0 Å². The maximum atomic E-state index is 10.8. The smallest absolute Gasteiger partial charge is 0.316 e. The van der Waals surface area contributed by atoms with Crippen LogP contribution in [0.25, 0.3) is 0 Å². The van der Waals surface area contributed by atoms with Crippen molar-refractivity contribution in [3.63, 3.8) is 0 Å². The highest BCUT2D eigenvalue weighted by molar-refractivity contribution is 8.00. The Balaban J connectivity index is 2.35. The normalized spacial score (nSPS) is 19.9. The minimum atomic E-state index is -0.684. The van der Waals surface area contributed by atoms with Gasteiger partial charge in [-0.3, -0.25) is 4.79 Å². The van der Waals surface area contributed by atoms with Crippen LogP contribution in [0.15, 0.2) is 0 Å². The highest BCUT2D eigenvalue weighted by Gasteiger charge is 2.37. The summed E-state index contributed by atoms with van der Waals surface area (Å²) in [5.41, 5.74) is 5.52. The zero-order valence-electron chi connectivity index (χ0n) is 8.12. The van der Waals surface area contributed by atoms with Crippen LogP contribution in [0.4, 0.5) is 0 Å². The number of hydrogen-bond acceptors (Lipinski definition) is 3. The fourth-order valence-electron chi connectivity index (χ4n) is 1.11. The van der Waals surface area contributed by atoms with E-state index in [2.05, 4.69) is 0 Å². The Bertz CT molecular complexity index is 196. The largest absolute Gasteiger partial charge is 0.480 e. The average molecular weight is 203 g/mol. The first-order valence-electron chi connectivity index (χ1n) is 4.53. The maximum absolute atomic E-state index is 10.8. The first-order chi connectivity index (χ1) is 5.90. The van der Waals surface area contributed by atoms with Gasteiger partial charge < -0.3 is 10.8 Å². The molecule has 13 heavy (non-hydrogen) atoms. The molecule has 0 aromatic heterocycles. The van der Waals surface area contributed by atoms with Crippen molar-refractivity contribution in [3.8, 4) is 0 Å². The fourth-order valence-corrected chi connectivity index (χ4v) is 2.41. The van der Waals surface area contributed by atoms with E-state index in [1.54, 1.807) is 0 Å². The van der Waals surface area contributed by atoms with Crippen LogP contribution in [0.1, 0.15) is 26.7 Å². The molecule has 1 unspecified atom stereocenters. The van der Waals surface area contributed by atoms with E-state index in [1.165, 1.54) is 11.8 Å². The van der Waals surface area contributed by atoms with Crippen molar-refractivity contribution >= 4 is 17.7 Å². The molecular weight excluding hydrogens is 186 g/mol. The van der Waals surface area contributed by atoms with Gasteiger partial charge in [-0.1, -0.05) is 0 Å². The van der Waals surface area contributed by atoms with E-state index in [0.717, 1.165) is 12.8 Å². The first kappa shape index (κ1) is 10.9. The summed E-state index contributed by atoms with van der Waals surface area (Å²) in [5, 5.41) is 8.69. The van der Waals surface area contributed by atoms with E-state index in [0.29, 0.717) is 11.7 Å². The predicted octanol–water partition coefficient (Wildman–Crippen LogP) is 1.32. The molecule has 0 amide bonds. The van der Waals surface area contributed by atoms with Crippen molar-refractivity contribution in [2.45, 2.75) is 37.5 Å². The molecule has 0 aromatic carbocycles. The molecule has 0 heterocycles. The number of carboxylic acid groups (broad SMARTS) is 1. The zero-order chi connectivity index (χ0) is 10.1. The van der Waals surface area contributed by atoms with Crippen molar-refractivity contribution in [2.24, 2.45) is 11.7 Å². The maximum Gasteiger partial charge on any atom is 0.316 e. The molecule has 0 bridgehead atoms. The number of rotatable bonds is 5. The number of hydrogen-bond donors (Lipinski definition) is 2. The van der Waals surface area contributed by atoms with Crippen molar-refractivity contribution in [3.05, 3.63) is 0 Å². The average Bonchev–Trinajstić information content (AvgIpc) is 2.67.